The molecule has 4 heteroatoms. The fraction of sp³-hybridized carbons (Fsp3) is 0.261. The maximum Gasteiger partial charge on any atom is 4.00 e. The van der Waals surface area contributed by atoms with E-state index >= 15 is 0 Å². The number of pyridine rings is 1. The van der Waals surface area contributed by atoms with E-state index in [0.29, 0.717) is 0 Å². The van der Waals surface area contributed by atoms with E-state index in [1.165, 1.54) is 11.1 Å². The van der Waals surface area contributed by atoms with Crippen LogP contribution in [0.15, 0.2) is 79.1 Å². The summed E-state index contributed by atoms with van der Waals surface area (Å²) in [7, 11) is 8.23. The molecule has 0 atom stereocenters. The third-order valence-corrected chi connectivity index (χ3v) is 3.09. The minimum Gasteiger partial charge on any atom is -0.307 e. The second-order valence-corrected chi connectivity index (χ2v) is 6.28. The molecular weight excluding hydrogens is 374 g/mol. The quantitative estimate of drug-likeness (QED) is 0.482. The Hall–Kier alpha value is -1.97. The largest absolute Gasteiger partial charge is 4.00 e. The van der Waals surface area contributed by atoms with Gasteiger partial charge in [-0.05, 0) is 40.3 Å². The van der Waals surface area contributed by atoms with Crippen molar-refractivity contribution in [2.24, 2.45) is 0 Å². The molecule has 1 aromatic heterocycles. The predicted octanol–water partition coefficient (Wildman–Crippen LogP) is 4.18. The molecule has 27 heavy (non-hydrogen) atoms. The number of benzene rings is 2. The van der Waals surface area contributed by atoms with Gasteiger partial charge in [-0.15, -0.1) is 11.1 Å². The van der Waals surface area contributed by atoms with Crippen molar-refractivity contribution in [3.8, 4) is 0 Å². The zero-order chi connectivity index (χ0) is 19.0. The molecule has 0 aliphatic heterocycles. The van der Waals surface area contributed by atoms with Gasteiger partial charge in [0.2, 0.25) is 0 Å². The first kappa shape index (κ1) is 25.0. The molecule has 0 fully saturated rings. The molecule has 3 rings (SSSR count). The van der Waals surface area contributed by atoms with E-state index in [9.17, 15) is 0 Å². The van der Waals surface area contributed by atoms with E-state index in [1.807, 2.05) is 54.6 Å². The summed E-state index contributed by atoms with van der Waals surface area (Å²) < 4.78 is 0. The van der Waals surface area contributed by atoms with Crippen molar-refractivity contribution in [1.82, 2.24) is 14.8 Å². The number of nitrogens with zero attached hydrogens (tertiary/aromatic N) is 3. The van der Waals surface area contributed by atoms with Crippen molar-refractivity contribution >= 4 is 0 Å². The van der Waals surface area contributed by atoms with Gasteiger partial charge in [0, 0.05) is 25.5 Å². The van der Waals surface area contributed by atoms with Crippen LogP contribution < -0.4 is 0 Å². The minimum absolute atomic E-state index is 0. The summed E-state index contributed by atoms with van der Waals surface area (Å²) in [6, 6.07) is 28.1. The molecule has 1 heterocycles. The minimum atomic E-state index is 0. The number of hydrogen-bond acceptors (Lipinski definition) is 3. The van der Waals surface area contributed by atoms with Crippen LogP contribution in [0.1, 0.15) is 11.1 Å². The Bertz CT molecular complexity index is 587. The molecule has 0 aliphatic carbocycles. The second-order valence-electron chi connectivity index (χ2n) is 6.28. The molecule has 3 aromatic rings. The first-order valence-corrected chi connectivity index (χ1v) is 8.63. The fourth-order valence-corrected chi connectivity index (χ4v) is 2.05. The van der Waals surface area contributed by atoms with E-state index < -0.39 is 0 Å². The van der Waals surface area contributed by atoms with E-state index in [1.54, 1.807) is 12.4 Å². The standard InChI is InChI=1S/2C9H12N.C5H5N.Fe/c2*1-10(2)8-9-6-4-3-5-7-9;1-2-4-6-5-3-1;/h2*3-6H,8H2,1-2H3;1-5H;/q2*-1;;+4. The molecule has 2 aromatic carbocycles. The topological polar surface area (TPSA) is 19.4 Å². The Morgan fingerprint density at radius 3 is 1.33 bits per heavy atom. The summed E-state index contributed by atoms with van der Waals surface area (Å²) in [5, 5.41) is 0. The van der Waals surface area contributed by atoms with Gasteiger partial charge in [-0.25, -0.2) is 0 Å². The summed E-state index contributed by atoms with van der Waals surface area (Å²) >= 11 is 0. The van der Waals surface area contributed by atoms with Gasteiger partial charge in [-0.1, -0.05) is 6.07 Å². The SMILES string of the molecule is CN(C)Cc1[c-]cccc1.CN(C)Cc1[c-]cccc1.[Fe+4].c1ccncc1. The Morgan fingerprint density at radius 2 is 1.11 bits per heavy atom. The molecule has 0 spiro atoms. The third kappa shape index (κ3) is 14.8. The Kier molecular flexibility index (Phi) is 15.0. The van der Waals surface area contributed by atoms with Crippen LogP contribution >= 0.6 is 0 Å². The average molecular weight is 403 g/mol. The first-order chi connectivity index (χ1) is 12.6. The Morgan fingerprint density at radius 1 is 0.667 bits per heavy atom. The van der Waals surface area contributed by atoms with Crippen LogP contribution in [0, 0.1) is 12.1 Å². The van der Waals surface area contributed by atoms with Crippen LogP contribution in [0.5, 0.6) is 0 Å². The van der Waals surface area contributed by atoms with Crippen molar-refractivity contribution in [2.45, 2.75) is 13.1 Å². The Balaban J connectivity index is 0.000000380. The molecule has 0 bridgehead atoms. The van der Waals surface area contributed by atoms with Gasteiger partial charge in [-0.2, -0.15) is 60.7 Å². The zero-order valence-corrected chi connectivity index (χ0v) is 17.7. The summed E-state index contributed by atoms with van der Waals surface area (Å²) in [6.07, 6.45) is 3.50. The fourth-order valence-electron chi connectivity index (χ4n) is 2.05. The summed E-state index contributed by atoms with van der Waals surface area (Å²) in [6.45, 7) is 1.95. The van der Waals surface area contributed by atoms with Crippen molar-refractivity contribution in [2.75, 3.05) is 28.2 Å². The molecule has 0 saturated heterocycles. The molecule has 142 valence electrons. The van der Waals surface area contributed by atoms with Gasteiger partial charge in [0.25, 0.3) is 0 Å². The van der Waals surface area contributed by atoms with Gasteiger partial charge in [-0.3, -0.25) is 4.98 Å². The maximum atomic E-state index is 3.78. The van der Waals surface area contributed by atoms with E-state index in [-0.39, 0.29) is 17.1 Å². The van der Waals surface area contributed by atoms with Gasteiger partial charge in [0.15, 0.2) is 0 Å². The van der Waals surface area contributed by atoms with Crippen LogP contribution in [0.3, 0.4) is 0 Å². The summed E-state index contributed by atoms with van der Waals surface area (Å²) in [4.78, 5) is 8.05. The maximum absolute atomic E-state index is 3.78. The van der Waals surface area contributed by atoms with E-state index in [0.717, 1.165) is 13.1 Å². The molecule has 0 N–H and O–H groups in total. The Labute approximate surface area is 175 Å². The normalized spacial score (nSPS) is 9.41. The second kappa shape index (κ2) is 16.2. The predicted molar refractivity (Wildman–Crippen MR) is 110 cm³/mol. The van der Waals surface area contributed by atoms with Crippen molar-refractivity contribution in [3.63, 3.8) is 0 Å². The molecule has 0 unspecified atom stereocenters. The first-order valence-electron chi connectivity index (χ1n) is 8.63. The van der Waals surface area contributed by atoms with Gasteiger partial charge in [0.1, 0.15) is 0 Å². The zero-order valence-electron chi connectivity index (χ0n) is 16.6. The third-order valence-electron chi connectivity index (χ3n) is 3.09. The van der Waals surface area contributed by atoms with E-state index in [4.69, 9.17) is 0 Å². The summed E-state index contributed by atoms with van der Waals surface area (Å²) in [5.74, 6) is 0. The number of aromatic nitrogens is 1. The van der Waals surface area contributed by atoms with Crippen LogP contribution in [0.4, 0.5) is 0 Å². The molecule has 0 aliphatic rings. The van der Waals surface area contributed by atoms with Crippen molar-refractivity contribution in [1.29, 1.82) is 0 Å². The molecule has 0 radical (unpaired) electrons. The van der Waals surface area contributed by atoms with Gasteiger partial charge < -0.3 is 9.80 Å². The van der Waals surface area contributed by atoms with Crippen LogP contribution in [0.2, 0.25) is 0 Å². The average Bonchev–Trinajstić information content (AvgIpc) is 2.65. The molecule has 0 amide bonds. The van der Waals surface area contributed by atoms with Gasteiger partial charge in [0.05, 0.1) is 0 Å². The van der Waals surface area contributed by atoms with Crippen molar-refractivity contribution in [3.05, 3.63) is 102 Å². The summed E-state index contributed by atoms with van der Waals surface area (Å²) in [5.41, 5.74) is 2.49. The van der Waals surface area contributed by atoms with Crippen LogP contribution in [0.25, 0.3) is 0 Å². The molecule has 3 nitrogen and oxygen atoms in total. The van der Waals surface area contributed by atoms with Crippen molar-refractivity contribution < 1.29 is 17.1 Å². The molecule has 0 saturated carbocycles. The number of rotatable bonds is 4. The van der Waals surface area contributed by atoms with E-state index in [2.05, 4.69) is 67.2 Å². The monoisotopic (exact) mass is 403 g/mol. The van der Waals surface area contributed by atoms with Crippen LogP contribution in [-0.2, 0) is 30.2 Å². The van der Waals surface area contributed by atoms with Crippen LogP contribution in [-0.4, -0.2) is 43.0 Å². The number of hydrogen-bond donors (Lipinski definition) is 0. The molecular formula is C23H29FeN3+2. The van der Waals surface area contributed by atoms with Gasteiger partial charge >= 0.3 is 17.1 Å². The smallest absolute Gasteiger partial charge is 0.307 e.